The molecule has 6 heteroatoms. The molecular weight excluding hydrogens is 406 g/mol. The predicted octanol–water partition coefficient (Wildman–Crippen LogP) is 6.53. The highest BCUT2D eigenvalue weighted by atomic mass is 16.6. The van der Waals surface area contributed by atoms with Crippen LogP contribution in [0.5, 0.6) is 23.0 Å². The number of rotatable bonds is 13. The number of ether oxygens (including phenoxy) is 4. The summed E-state index contributed by atoms with van der Waals surface area (Å²) >= 11 is 0. The number of allylic oxidation sites excluding steroid dienone is 2. The molecule has 2 aromatic rings. The number of unbranched alkanes of at least 4 members (excludes halogenated alkanes) is 3. The summed E-state index contributed by atoms with van der Waals surface area (Å²) in [6, 6.07) is 5.66. The van der Waals surface area contributed by atoms with E-state index in [-0.39, 0.29) is 0 Å². The summed E-state index contributed by atoms with van der Waals surface area (Å²) < 4.78 is 22.9. The van der Waals surface area contributed by atoms with Crippen molar-refractivity contribution in [3.63, 3.8) is 0 Å². The Morgan fingerprint density at radius 2 is 1.50 bits per heavy atom. The van der Waals surface area contributed by atoms with Crippen LogP contribution in [0, 0.1) is 0 Å². The Kier molecular flexibility index (Phi) is 10.2. The van der Waals surface area contributed by atoms with Crippen molar-refractivity contribution in [1.29, 1.82) is 0 Å². The highest BCUT2D eigenvalue weighted by molar-refractivity contribution is 6.12. The zero-order valence-electron chi connectivity index (χ0n) is 20.5. The molecule has 0 aliphatic rings. The van der Waals surface area contributed by atoms with Crippen molar-refractivity contribution in [1.82, 2.24) is 0 Å². The van der Waals surface area contributed by atoms with E-state index in [1.54, 1.807) is 28.4 Å². The molecule has 0 N–H and O–H groups in total. The van der Waals surface area contributed by atoms with E-state index in [1.165, 1.54) is 18.4 Å². The molecule has 0 heterocycles. The van der Waals surface area contributed by atoms with Gasteiger partial charge in [0, 0.05) is 12.0 Å². The monoisotopic (exact) mass is 443 g/mol. The van der Waals surface area contributed by atoms with Crippen molar-refractivity contribution in [2.45, 2.75) is 52.9 Å². The van der Waals surface area contributed by atoms with Gasteiger partial charge in [-0.3, -0.25) is 0 Å². The molecule has 2 rings (SSSR count). The van der Waals surface area contributed by atoms with Crippen LogP contribution in [0.25, 0.3) is 10.8 Å². The van der Waals surface area contributed by atoms with Gasteiger partial charge in [-0.15, -0.1) is 0 Å². The lowest BCUT2D eigenvalue weighted by molar-refractivity contribution is 0.139. The summed E-state index contributed by atoms with van der Waals surface area (Å²) in [5.41, 5.74) is 2.77. The van der Waals surface area contributed by atoms with Crippen molar-refractivity contribution in [2.24, 2.45) is 5.16 Å². The van der Waals surface area contributed by atoms with E-state index in [4.69, 9.17) is 23.8 Å². The average Bonchev–Trinajstić information content (AvgIpc) is 2.81. The summed E-state index contributed by atoms with van der Waals surface area (Å²) in [6.07, 6.45) is 7.24. The van der Waals surface area contributed by atoms with E-state index >= 15 is 0 Å². The highest BCUT2D eigenvalue weighted by Crippen LogP contribution is 2.46. The van der Waals surface area contributed by atoms with E-state index in [1.807, 2.05) is 18.2 Å². The molecule has 0 saturated heterocycles. The second-order valence-electron chi connectivity index (χ2n) is 7.80. The van der Waals surface area contributed by atoms with Crippen molar-refractivity contribution in [3.05, 3.63) is 35.4 Å². The lowest BCUT2D eigenvalue weighted by Crippen LogP contribution is -2.07. The molecular formula is C26H37NO5. The van der Waals surface area contributed by atoms with Crippen LogP contribution < -0.4 is 18.9 Å². The Labute approximate surface area is 192 Å². The number of benzene rings is 2. The summed E-state index contributed by atoms with van der Waals surface area (Å²) in [6.45, 7) is 6.91. The van der Waals surface area contributed by atoms with E-state index in [0.717, 1.165) is 34.9 Å². The first-order chi connectivity index (χ1) is 15.5. The van der Waals surface area contributed by atoms with Crippen LogP contribution in [-0.4, -0.2) is 40.8 Å². The molecule has 0 bridgehead atoms. The molecule has 0 aliphatic heterocycles. The third-order valence-electron chi connectivity index (χ3n) is 5.26. The quantitative estimate of drug-likeness (QED) is 0.152. The van der Waals surface area contributed by atoms with E-state index < -0.39 is 0 Å². The average molecular weight is 444 g/mol. The van der Waals surface area contributed by atoms with Crippen molar-refractivity contribution < 1.29 is 23.8 Å². The van der Waals surface area contributed by atoms with Crippen molar-refractivity contribution in [2.75, 3.05) is 35.0 Å². The normalized spacial score (nSPS) is 11.3. The van der Waals surface area contributed by atoms with Crippen molar-refractivity contribution >= 4 is 16.5 Å². The standard InChI is InChI=1S/C26H37NO5/c1-8-9-10-11-16-32-27-20(13-12-18(2)3)19-17-23(30-6)24-21(28-4)14-15-22(29-5)25(24)26(19)31-7/h12,14-15,17H,8-11,13,16H2,1-7H3. The van der Waals surface area contributed by atoms with Gasteiger partial charge in [0.25, 0.3) is 0 Å². The van der Waals surface area contributed by atoms with Crippen LogP contribution in [0.15, 0.2) is 35.0 Å². The Balaban J connectivity index is 2.66. The van der Waals surface area contributed by atoms with E-state index in [0.29, 0.717) is 36.0 Å². The number of hydrogen-bond donors (Lipinski definition) is 0. The predicted molar refractivity (Wildman–Crippen MR) is 131 cm³/mol. The second-order valence-corrected chi connectivity index (χ2v) is 7.80. The maximum absolute atomic E-state index is 5.90. The number of fused-ring (bicyclic) bond motifs is 1. The number of oxime groups is 1. The van der Waals surface area contributed by atoms with Gasteiger partial charge in [-0.1, -0.05) is 36.6 Å². The summed E-state index contributed by atoms with van der Waals surface area (Å²) in [5.74, 6) is 2.64. The topological polar surface area (TPSA) is 58.5 Å². The van der Waals surface area contributed by atoms with Crippen LogP contribution in [0.4, 0.5) is 0 Å². The molecule has 0 aromatic heterocycles. The van der Waals surface area contributed by atoms with E-state index in [9.17, 15) is 0 Å². The van der Waals surface area contributed by atoms with Crippen LogP contribution in [-0.2, 0) is 4.84 Å². The highest BCUT2D eigenvalue weighted by Gasteiger charge is 2.23. The summed E-state index contributed by atoms with van der Waals surface area (Å²) in [5, 5.41) is 6.08. The zero-order valence-corrected chi connectivity index (χ0v) is 20.5. The Morgan fingerprint density at radius 3 is 2.06 bits per heavy atom. The fourth-order valence-electron chi connectivity index (χ4n) is 3.58. The molecule has 0 saturated carbocycles. The largest absolute Gasteiger partial charge is 0.496 e. The molecule has 2 aromatic carbocycles. The molecule has 32 heavy (non-hydrogen) atoms. The minimum atomic E-state index is 0.586. The Hall–Kier alpha value is -2.89. The van der Waals surface area contributed by atoms with Gasteiger partial charge in [-0.05, 0) is 44.9 Å². The van der Waals surface area contributed by atoms with Gasteiger partial charge >= 0.3 is 0 Å². The molecule has 0 atom stereocenters. The maximum Gasteiger partial charge on any atom is 0.140 e. The van der Waals surface area contributed by atoms with Gasteiger partial charge in [-0.2, -0.15) is 0 Å². The SMILES string of the molecule is CCCCCCON=C(CC=C(C)C)c1cc(OC)c2c(OC)ccc(OC)c2c1OC. The van der Waals surface area contributed by atoms with Gasteiger partial charge in [0.1, 0.15) is 29.6 Å². The summed E-state index contributed by atoms with van der Waals surface area (Å²) in [7, 11) is 6.56. The zero-order chi connectivity index (χ0) is 23.5. The van der Waals surface area contributed by atoms with Gasteiger partial charge in [-0.25, -0.2) is 0 Å². The van der Waals surface area contributed by atoms with Crippen LogP contribution in [0.1, 0.15) is 58.4 Å². The molecule has 6 nitrogen and oxygen atoms in total. The molecule has 0 spiro atoms. The fourth-order valence-corrected chi connectivity index (χ4v) is 3.58. The smallest absolute Gasteiger partial charge is 0.140 e. The number of nitrogens with zero attached hydrogens (tertiary/aromatic N) is 1. The molecule has 0 unspecified atom stereocenters. The first-order valence-electron chi connectivity index (χ1n) is 11.1. The van der Waals surface area contributed by atoms with Gasteiger partial charge in [0.15, 0.2) is 0 Å². The van der Waals surface area contributed by atoms with Gasteiger partial charge in [0.2, 0.25) is 0 Å². The molecule has 0 amide bonds. The second kappa shape index (κ2) is 12.8. The summed E-state index contributed by atoms with van der Waals surface area (Å²) in [4.78, 5) is 5.72. The van der Waals surface area contributed by atoms with E-state index in [2.05, 4.69) is 32.0 Å². The minimum absolute atomic E-state index is 0.586. The maximum atomic E-state index is 5.90. The van der Waals surface area contributed by atoms with Crippen LogP contribution in [0.3, 0.4) is 0 Å². The van der Waals surface area contributed by atoms with Crippen molar-refractivity contribution in [3.8, 4) is 23.0 Å². The third-order valence-corrected chi connectivity index (χ3v) is 5.26. The lowest BCUT2D eigenvalue weighted by Gasteiger charge is -2.19. The number of hydrogen-bond acceptors (Lipinski definition) is 6. The molecule has 0 aliphatic carbocycles. The first kappa shape index (κ1) is 25.4. The number of methoxy groups -OCH3 is 4. The fraction of sp³-hybridized carbons (Fsp3) is 0.500. The minimum Gasteiger partial charge on any atom is -0.496 e. The first-order valence-corrected chi connectivity index (χ1v) is 11.1. The Bertz CT molecular complexity index is 945. The van der Waals surface area contributed by atoms with Crippen LogP contribution in [0.2, 0.25) is 0 Å². The molecule has 176 valence electrons. The lowest BCUT2D eigenvalue weighted by atomic mass is 9.97. The third kappa shape index (κ3) is 6.09. The Morgan fingerprint density at radius 1 is 0.844 bits per heavy atom. The molecule has 0 radical (unpaired) electrons. The van der Waals surface area contributed by atoms with Gasteiger partial charge in [0.05, 0.1) is 44.9 Å². The van der Waals surface area contributed by atoms with Crippen LogP contribution >= 0.6 is 0 Å². The molecule has 0 fully saturated rings. The van der Waals surface area contributed by atoms with Gasteiger partial charge < -0.3 is 23.8 Å².